The molecular weight excluding hydrogens is 331 g/mol. The SMILES string of the molecule is CN(C)C(=O)Cc1ccc(Nc2cnn(Cc3ccc(F)cc3)c2)cc1. The molecule has 1 heterocycles. The minimum absolute atomic E-state index is 0.0766. The number of rotatable bonds is 6. The normalized spacial score (nSPS) is 10.6. The first-order valence-corrected chi connectivity index (χ1v) is 8.32. The second-order valence-electron chi connectivity index (χ2n) is 6.34. The van der Waals surface area contributed by atoms with E-state index >= 15 is 0 Å². The van der Waals surface area contributed by atoms with Gasteiger partial charge >= 0.3 is 0 Å². The van der Waals surface area contributed by atoms with Crippen molar-refractivity contribution >= 4 is 17.3 Å². The Hall–Kier alpha value is -3.15. The summed E-state index contributed by atoms with van der Waals surface area (Å²) < 4.78 is 14.7. The van der Waals surface area contributed by atoms with E-state index in [0.717, 1.165) is 22.5 Å². The first-order chi connectivity index (χ1) is 12.5. The van der Waals surface area contributed by atoms with Gasteiger partial charge in [-0.25, -0.2) is 4.39 Å². The van der Waals surface area contributed by atoms with E-state index in [4.69, 9.17) is 0 Å². The molecule has 26 heavy (non-hydrogen) atoms. The van der Waals surface area contributed by atoms with Crippen molar-refractivity contribution in [2.24, 2.45) is 0 Å². The number of halogens is 1. The smallest absolute Gasteiger partial charge is 0.226 e. The molecule has 134 valence electrons. The van der Waals surface area contributed by atoms with E-state index in [2.05, 4.69) is 10.4 Å². The van der Waals surface area contributed by atoms with Crippen molar-refractivity contribution in [1.82, 2.24) is 14.7 Å². The van der Waals surface area contributed by atoms with Crippen molar-refractivity contribution in [3.8, 4) is 0 Å². The summed E-state index contributed by atoms with van der Waals surface area (Å²) in [6.07, 6.45) is 4.03. The first-order valence-electron chi connectivity index (χ1n) is 8.32. The van der Waals surface area contributed by atoms with E-state index in [0.29, 0.717) is 13.0 Å². The lowest BCUT2D eigenvalue weighted by Gasteiger charge is -2.10. The van der Waals surface area contributed by atoms with Gasteiger partial charge in [-0.15, -0.1) is 0 Å². The van der Waals surface area contributed by atoms with Crippen molar-refractivity contribution in [2.45, 2.75) is 13.0 Å². The van der Waals surface area contributed by atoms with Crippen LogP contribution in [0, 0.1) is 5.82 Å². The van der Waals surface area contributed by atoms with Gasteiger partial charge in [0.2, 0.25) is 5.91 Å². The molecule has 0 bridgehead atoms. The molecule has 0 radical (unpaired) electrons. The van der Waals surface area contributed by atoms with Gasteiger partial charge in [-0.1, -0.05) is 24.3 Å². The Balaban J connectivity index is 1.60. The third kappa shape index (κ3) is 4.69. The summed E-state index contributed by atoms with van der Waals surface area (Å²) in [4.78, 5) is 13.3. The minimum Gasteiger partial charge on any atom is -0.353 e. The molecule has 0 aliphatic heterocycles. The van der Waals surface area contributed by atoms with Gasteiger partial charge in [-0.3, -0.25) is 9.48 Å². The van der Waals surface area contributed by atoms with Crippen molar-refractivity contribution in [3.05, 3.63) is 77.9 Å². The van der Waals surface area contributed by atoms with Crippen LogP contribution >= 0.6 is 0 Å². The quantitative estimate of drug-likeness (QED) is 0.739. The van der Waals surface area contributed by atoms with E-state index in [-0.39, 0.29) is 11.7 Å². The number of carbonyl (C=O) groups is 1. The Morgan fingerprint density at radius 2 is 1.69 bits per heavy atom. The molecule has 2 aromatic carbocycles. The van der Waals surface area contributed by atoms with Crippen LogP contribution in [0.25, 0.3) is 0 Å². The molecule has 1 N–H and O–H groups in total. The third-order valence-electron chi connectivity index (χ3n) is 3.99. The largest absolute Gasteiger partial charge is 0.353 e. The molecule has 3 rings (SSSR count). The van der Waals surface area contributed by atoms with Gasteiger partial charge in [0.15, 0.2) is 0 Å². The molecule has 0 unspecified atom stereocenters. The molecule has 0 aliphatic carbocycles. The fraction of sp³-hybridized carbons (Fsp3) is 0.200. The Kier molecular flexibility index (Phi) is 5.31. The van der Waals surface area contributed by atoms with E-state index in [1.165, 1.54) is 12.1 Å². The zero-order chi connectivity index (χ0) is 18.5. The fourth-order valence-electron chi connectivity index (χ4n) is 2.50. The number of hydrogen-bond donors (Lipinski definition) is 1. The van der Waals surface area contributed by atoms with Crippen LogP contribution in [0.5, 0.6) is 0 Å². The molecule has 0 saturated heterocycles. The number of hydrogen-bond acceptors (Lipinski definition) is 3. The van der Waals surface area contributed by atoms with Crippen LogP contribution in [-0.4, -0.2) is 34.7 Å². The van der Waals surface area contributed by atoms with Crippen molar-refractivity contribution in [3.63, 3.8) is 0 Å². The highest BCUT2D eigenvalue weighted by Gasteiger charge is 2.06. The highest BCUT2D eigenvalue weighted by molar-refractivity contribution is 5.78. The number of likely N-dealkylation sites (N-methyl/N-ethyl adjacent to an activating group) is 1. The lowest BCUT2D eigenvalue weighted by Crippen LogP contribution is -2.23. The molecule has 0 aliphatic rings. The number of nitrogens with zero attached hydrogens (tertiary/aromatic N) is 3. The van der Waals surface area contributed by atoms with Crippen LogP contribution in [0.3, 0.4) is 0 Å². The van der Waals surface area contributed by atoms with E-state index in [9.17, 15) is 9.18 Å². The van der Waals surface area contributed by atoms with Gasteiger partial charge in [-0.2, -0.15) is 5.10 Å². The lowest BCUT2D eigenvalue weighted by atomic mass is 10.1. The summed E-state index contributed by atoms with van der Waals surface area (Å²) in [5.41, 5.74) is 3.74. The number of aromatic nitrogens is 2. The monoisotopic (exact) mass is 352 g/mol. The molecule has 6 heteroatoms. The standard InChI is InChI=1S/C20H21FN4O/c1-24(2)20(26)11-15-5-9-18(10-6-15)23-19-12-22-25(14-19)13-16-3-7-17(21)8-4-16/h3-10,12,14,23H,11,13H2,1-2H3. The minimum atomic E-state index is -0.243. The van der Waals surface area contributed by atoms with Crippen molar-refractivity contribution < 1.29 is 9.18 Å². The fourth-order valence-corrected chi connectivity index (χ4v) is 2.50. The summed E-state index contributed by atoms with van der Waals surface area (Å²) in [6, 6.07) is 14.1. The number of amides is 1. The van der Waals surface area contributed by atoms with Gasteiger partial charge in [0.25, 0.3) is 0 Å². The zero-order valence-corrected chi connectivity index (χ0v) is 14.8. The Labute approximate surface area is 152 Å². The molecule has 0 atom stereocenters. The maximum Gasteiger partial charge on any atom is 0.226 e. The van der Waals surface area contributed by atoms with Crippen LogP contribution in [0.4, 0.5) is 15.8 Å². The molecule has 0 fully saturated rings. The summed E-state index contributed by atoms with van der Waals surface area (Å²) in [5, 5.41) is 7.60. The van der Waals surface area contributed by atoms with Crippen LogP contribution < -0.4 is 5.32 Å². The second kappa shape index (κ2) is 7.82. The molecule has 3 aromatic rings. The zero-order valence-electron chi connectivity index (χ0n) is 14.8. The average Bonchev–Trinajstić information content (AvgIpc) is 3.05. The maximum atomic E-state index is 13.0. The predicted octanol–water partition coefficient (Wildman–Crippen LogP) is 3.44. The van der Waals surface area contributed by atoms with Crippen LogP contribution in [0.2, 0.25) is 0 Å². The summed E-state index contributed by atoms with van der Waals surface area (Å²) in [6.45, 7) is 0.577. The van der Waals surface area contributed by atoms with Crippen molar-refractivity contribution in [1.29, 1.82) is 0 Å². The van der Waals surface area contributed by atoms with E-state index in [1.54, 1.807) is 42.0 Å². The second-order valence-corrected chi connectivity index (χ2v) is 6.34. The van der Waals surface area contributed by atoms with Gasteiger partial charge in [-0.05, 0) is 35.4 Å². The topological polar surface area (TPSA) is 50.2 Å². The number of carbonyl (C=O) groups excluding carboxylic acids is 1. The molecular formula is C20H21FN4O. The first kappa shape index (κ1) is 17.7. The van der Waals surface area contributed by atoms with Gasteiger partial charge in [0.1, 0.15) is 5.82 Å². The van der Waals surface area contributed by atoms with Crippen LogP contribution in [-0.2, 0) is 17.8 Å². The van der Waals surface area contributed by atoms with Gasteiger partial charge < -0.3 is 10.2 Å². The number of nitrogens with one attached hydrogen (secondary N) is 1. The van der Waals surface area contributed by atoms with Crippen LogP contribution in [0.15, 0.2) is 60.9 Å². The summed E-state index contributed by atoms with van der Waals surface area (Å²) in [7, 11) is 3.50. The number of benzene rings is 2. The summed E-state index contributed by atoms with van der Waals surface area (Å²) >= 11 is 0. The molecule has 1 amide bonds. The Morgan fingerprint density at radius 3 is 2.35 bits per heavy atom. The Bertz CT molecular complexity index is 870. The highest BCUT2D eigenvalue weighted by Crippen LogP contribution is 2.17. The summed E-state index contributed by atoms with van der Waals surface area (Å²) in [5.74, 6) is -0.167. The molecule has 0 spiro atoms. The predicted molar refractivity (Wildman–Crippen MR) is 99.9 cm³/mol. The van der Waals surface area contributed by atoms with E-state index < -0.39 is 0 Å². The van der Waals surface area contributed by atoms with Gasteiger partial charge in [0.05, 0.1) is 24.8 Å². The third-order valence-corrected chi connectivity index (χ3v) is 3.99. The van der Waals surface area contributed by atoms with Gasteiger partial charge in [0, 0.05) is 26.0 Å². The highest BCUT2D eigenvalue weighted by atomic mass is 19.1. The molecule has 5 nitrogen and oxygen atoms in total. The lowest BCUT2D eigenvalue weighted by molar-refractivity contribution is -0.127. The Morgan fingerprint density at radius 1 is 1.04 bits per heavy atom. The van der Waals surface area contributed by atoms with Crippen LogP contribution in [0.1, 0.15) is 11.1 Å². The molecule has 1 aromatic heterocycles. The number of anilines is 2. The molecule has 0 saturated carbocycles. The van der Waals surface area contributed by atoms with Crippen molar-refractivity contribution in [2.75, 3.05) is 19.4 Å². The maximum absolute atomic E-state index is 13.0. The average molecular weight is 352 g/mol. The van der Waals surface area contributed by atoms with E-state index in [1.807, 2.05) is 30.5 Å².